The van der Waals surface area contributed by atoms with Crippen molar-refractivity contribution >= 4 is 17.6 Å². The number of aromatic nitrogens is 2. The molecule has 1 aromatic heterocycles. The minimum Gasteiger partial charge on any atom is -0.481 e. The molecule has 0 saturated carbocycles. The van der Waals surface area contributed by atoms with Gasteiger partial charge in [0, 0.05) is 26.2 Å². The Labute approximate surface area is 118 Å². The van der Waals surface area contributed by atoms with Gasteiger partial charge >= 0.3 is 5.97 Å². The van der Waals surface area contributed by atoms with E-state index in [0.717, 1.165) is 42.6 Å². The fourth-order valence-corrected chi connectivity index (χ4v) is 2.68. The van der Waals surface area contributed by atoms with E-state index in [1.165, 1.54) is 0 Å². The monoisotopic (exact) mass is 285 g/mol. The van der Waals surface area contributed by atoms with Crippen molar-refractivity contribution in [3.8, 4) is 0 Å². The molecule has 19 heavy (non-hydrogen) atoms. The maximum absolute atomic E-state index is 10.9. The Morgan fingerprint density at radius 3 is 2.74 bits per heavy atom. The molecule has 0 spiro atoms. The highest BCUT2D eigenvalue weighted by molar-refractivity contribution is 6.31. The van der Waals surface area contributed by atoms with E-state index < -0.39 is 5.97 Å². The summed E-state index contributed by atoms with van der Waals surface area (Å²) in [4.78, 5) is 13.1. The highest BCUT2D eigenvalue weighted by Gasteiger charge is 2.35. The quantitative estimate of drug-likeness (QED) is 0.899. The highest BCUT2D eigenvalue weighted by atomic mass is 35.5. The summed E-state index contributed by atoms with van der Waals surface area (Å²) in [6.07, 6.45) is 0. The first-order valence-electron chi connectivity index (χ1n) is 6.61. The molecule has 0 aromatic carbocycles. The van der Waals surface area contributed by atoms with Crippen LogP contribution in [0.2, 0.25) is 5.02 Å². The van der Waals surface area contributed by atoms with Crippen molar-refractivity contribution in [2.75, 3.05) is 13.1 Å². The summed E-state index contributed by atoms with van der Waals surface area (Å²) in [5, 5.41) is 14.1. The van der Waals surface area contributed by atoms with Gasteiger partial charge < -0.3 is 5.11 Å². The van der Waals surface area contributed by atoms with Gasteiger partial charge in [-0.15, -0.1) is 0 Å². The molecule has 1 unspecified atom stereocenters. The lowest BCUT2D eigenvalue weighted by Crippen LogP contribution is -2.50. The predicted octanol–water partition coefficient (Wildman–Crippen LogP) is 2.02. The van der Waals surface area contributed by atoms with Gasteiger partial charge in [-0.2, -0.15) is 5.10 Å². The molecule has 1 aliphatic heterocycles. The molecule has 1 aliphatic rings. The van der Waals surface area contributed by atoms with E-state index in [2.05, 4.69) is 10.00 Å². The van der Waals surface area contributed by atoms with Crippen LogP contribution in [0.3, 0.4) is 0 Å². The number of likely N-dealkylation sites (tertiary alicyclic amines) is 1. The van der Waals surface area contributed by atoms with Crippen LogP contribution < -0.4 is 0 Å². The Bertz CT molecular complexity index is 480. The summed E-state index contributed by atoms with van der Waals surface area (Å²) >= 11 is 6.26. The summed E-state index contributed by atoms with van der Waals surface area (Å²) in [5.74, 6) is -0.739. The maximum Gasteiger partial charge on any atom is 0.306 e. The summed E-state index contributed by atoms with van der Waals surface area (Å²) < 4.78 is 1.92. The second-order valence-corrected chi connectivity index (χ2v) is 5.62. The first kappa shape index (κ1) is 14.3. The van der Waals surface area contributed by atoms with Crippen LogP contribution in [0.4, 0.5) is 0 Å². The third-order valence-electron chi connectivity index (χ3n) is 3.91. The zero-order valence-corrected chi connectivity index (χ0v) is 12.3. The van der Waals surface area contributed by atoms with Crippen molar-refractivity contribution in [1.29, 1.82) is 0 Å². The van der Waals surface area contributed by atoms with Crippen molar-refractivity contribution in [2.24, 2.45) is 11.8 Å². The van der Waals surface area contributed by atoms with Gasteiger partial charge in [0.05, 0.1) is 22.3 Å². The minimum absolute atomic E-state index is 0.246. The molecule has 2 heterocycles. The molecule has 1 N–H and O–H groups in total. The summed E-state index contributed by atoms with van der Waals surface area (Å²) in [5.41, 5.74) is 1.89. The average Bonchev–Trinajstić information content (AvgIpc) is 2.59. The minimum atomic E-state index is -0.711. The van der Waals surface area contributed by atoms with Crippen molar-refractivity contribution in [1.82, 2.24) is 14.7 Å². The molecule has 1 saturated heterocycles. The normalized spacial score (nSPS) is 18.3. The van der Waals surface area contributed by atoms with Crippen LogP contribution in [0, 0.1) is 18.8 Å². The van der Waals surface area contributed by atoms with Crippen LogP contribution in [-0.2, 0) is 17.9 Å². The van der Waals surface area contributed by atoms with E-state index in [9.17, 15) is 4.79 Å². The van der Waals surface area contributed by atoms with E-state index in [1.54, 1.807) is 6.92 Å². The Morgan fingerprint density at radius 1 is 1.58 bits per heavy atom. The number of nitrogens with zero attached hydrogens (tertiary/aromatic N) is 3. The van der Waals surface area contributed by atoms with E-state index in [4.69, 9.17) is 16.7 Å². The Morgan fingerprint density at radius 2 is 2.21 bits per heavy atom. The average molecular weight is 286 g/mol. The van der Waals surface area contributed by atoms with Crippen LogP contribution in [0.15, 0.2) is 0 Å². The molecule has 0 aliphatic carbocycles. The molecule has 6 heteroatoms. The predicted molar refractivity (Wildman–Crippen MR) is 73.2 cm³/mol. The SMILES string of the molecule is CCn1nc(C)c(Cl)c1CN1CC(C(C)C(=O)O)C1. The molecule has 106 valence electrons. The number of halogens is 1. The number of hydrogen-bond acceptors (Lipinski definition) is 3. The van der Waals surface area contributed by atoms with Gasteiger partial charge in [-0.25, -0.2) is 0 Å². The lowest BCUT2D eigenvalue weighted by atomic mass is 9.87. The Balaban J connectivity index is 1.96. The standard InChI is InChI=1S/C13H20ClN3O2/c1-4-17-11(12(14)9(3)15-17)7-16-5-10(6-16)8(2)13(18)19/h8,10H,4-7H2,1-3H3,(H,18,19). The fourth-order valence-electron chi connectivity index (χ4n) is 2.49. The van der Waals surface area contributed by atoms with Crippen molar-refractivity contribution in [3.63, 3.8) is 0 Å². The van der Waals surface area contributed by atoms with Crippen LogP contribution in [0.5, 0.6) is 0 Å². The second kappa shape index (κ2) is 5.51. The van der Waals surface area contributed by atoms with E-state index in [1.807, 2.05) is 18.5 Å². The summed E-state index contributed by atoms with van der Waals surface area (Å²) in [6, 6.07) is 0. The smallest absolute Gasteiger partial charge is 0.306 e. The van der Waals surface area contributed by atoms with E-state index in [0.29, 0.717) is 0 Å². The third kappa shape index (κ3) is 2.77. The molecular formula is C13H20ClN3O2. The van der Waals surface area contributed by atoms with Gasteiger partial charge in [0.1, 0.15) is 0 Å². The molecule has 0 radical (unpaired) electrons. The molecular weight excluding hydrogens is 266 g/mol. The lowest BCUT2D eigenvalue weighted by molar-refractivity contribution is -0.145. The first-order valence-corrected chi connectivity index (χ1v) is 6.98. The first-order chi connectivity index (χ1) is 8.93. The molecule has 1 aromatic rings. The molecule has 2 rings (SSSR count). The maximum atomic E-state index is 10.9. The van der Waals surface area contributed by atoms with Crippen molar-refractivity contribution in [3.05, 3.63) is 16.4 Å². The van der Waals surface area contributed by atoms with Gasteiger partial charge in [0.2, 0.25) is 0 Å². The van der Waals surface area contributed by atoms with Crippen LogP contribution in [-0.4, -0.2) is 38.8 Å². The van der Waals surface area contributed by atoms with E-state index in [-0.39, 0.29) is 11.8 Å². The number of hydrogen-bond donors (Lipinski definition) is 1. The molecule has 0 amide bonds. The van der Waals surface area contributed by atoms with Crippen LogP contribution in [0.25, 0.3) is 0 Å². The Hall–Kier alpha value is -1.07. The highest BCUT2D eigenvalue weighted by Crippen LogP contribution is 2.28. The van der Waals surface area contributed by atoms with Gasteiger partial charge in [-0.1, -0.05) is 18.5 Å². The van der Waals surface area contributed by atoms with Crippen molar-refractivity contribution in [2.45, 2.75) is 33.9 Å². The fraction of sp³-hybridized carbons (Fsp3) is 0.692. The van der Waals surface area contributed by atoms with Gasteiger partial charge in [-0.05, 0) is 19.8 Å². The molecule has 1 atom stereocenters. The zero-order valence-electron chi connectivity index (χ0n) is 11.6. The second-order valence-electron chi connectivity index (χ2n) is 5.24. The van der Waals surface area contributed by atoms with Gasteiger partial charge in [-0.3, -0.25) is 14.4 Å². The summed E-state index contributed by atoms with van der Waals surface area (Å²) in [7, 11) is 0. The van der Waals surface area contributed by atoms with Gasteiger partial charge in [0.25, 0.3) is 0 Å². The largest absolute Gasteiger partial charge is 0.481 e. The number of aryl methyl sites for hydroxylation is 2. The molecule has 1 fully saturated rings. The third-order valence-corrected chi connectivity index (χ3v) is 4.40. The molecule has 5 nitrogen and oxygen atoms in total. The lowest BCUT2D eigenvalue weighted by Gasteiger charge is -2.41. The number of carboxylic acid groups (broad SMARTS) is 1. The van der Waals surface area contributed by atoms with E-state index >= 15 is 0 Å². The zero-order chi connectivity index (χ0) is 14.2. The molecule has 0 bridgehead atoms. The van der Waals surface area contributed by atoms with Crippen molar-refractivity contribution < 1.29 is 9.90 Å². The van der Waals surface area contributed by atoms with Crippen LogP contribution in [0.1, 0.15) is 25.2 Å². The van der Waals surface area contributed by atoms with Gasteiger partial charge in [0.15, 0.2) is 0 Å². The number of rotatable bonds is 5. The topological polar surface area (TPSA) is 58.4 Å². The number of carboxylic acids is 1. The summed E-state index contributed by atoms with van der Waals surface area (Å²) in [6.45, 7) is 8.90. The number of aliphatic carboxylic acids is 1. The van der Waals surface area contributed by atoms with Crippen LogP contribution >= 0.6 is 11.6 Å². The Kier molecular flexibility index (Phi) is 4.16. The number of carbonyl (C=O) groups is 1.